The van der Waals surface area contributed by atoms with Crippen LogP contribution in [0.3, 0.4) is 0 Å². The minimum Gasteiger partial charge on any atom is -0.436 e. The summed E-state index contributed by atoms with van der Waals surface area (Å²) < 4.78 is 10.9. The van der Waals surface area contributed by atoms with Crippen molar-refractivity contribution in [2.24, 2.45) is 0 Å². The van der Waals surface area contributed by atoms with E-state index in [2.05, 4.69) is 16.3 Å². The monoisotopic (exact) mass is 400 g/mol. The van der Waals surface area contributed by atoms with Crippen molar-refractivity contribution in [3.63, 3.8) is 0 Å². The number of rotatable bonds is 5. The molecule has 0 aromatic heterocycles. The van der Waals surface area contributed by atoms with Crippen LogP contribution in [0.2, 0.25) is 0 Å². The zero-order valence-corrected chi connectivity index (χ0v) is 16.8. The Morgan fingerprint density at radius 3 is 2.48 bits per heavy atom. The van der Waals surface area contributed by atoms with Crippen LogP contribution in [0.25, 0.3) is 0 Å². The maximum Gasteiger partial charge on any atom is 0.410 e. The number of nitrogens with one attached hydrogen (secondary N) is 1. The van der Waals surface area contributed by atoms with Gasteiger partial charge in [-0.2, -0.15) is 5.26 Å². The van der Waals surface area contributed by atoms with E-state index < -0.39 is 23.6 Å². The Morgan fingerprint density at radius 2 is 1.86 bits per heavy atom. The number of hydrogen-bond donors (Lipinski definition) is 1. The lowest BCUT2D eigenvalue weighted by atomic mass is 9.88. The van der Waals surface area contributed by atoms with Crippen molar-refractivity contribution < 1.29 is 19.1 Å². The first-order valence-electron chi connectivity index (χ1n) is 10.0. The summed E-state index contributed by atoms with van der Waals surface area (Å²) in [5.74, 6) is -0.429. The van der Waals surface area contributed by atoms with Crippen LogP contribution in [-0.2, 0) is 20.7 Å². The largest absolute Gasteiger partial charge is 0.436 e. The molecule has 1 N–H and O–H groups in total. The highest BCUT2D eigenvalue weighted by molar-refractivity contribution is 5.84. The summed E-state index contributed by atoms with van der Waals surface area (Å²) in [5, 5.41) is 12.6. The number of amides is 2. The summed E-state index contributed by atoms with van der Waals surface area (Å²) in [5.41, 5.74) is -0.0407. The second-order valence-electron chi connectivity index (χ2n) is 7.65. The van der Waals surface area contributed by atoms with E-state index in [1.54, 1.807) is 4.90 Å². The number of carbonyl (C=O) groups excluding carboxylic acids is 2. The van der Waals surface area contributed by atoms with Gasteiger partial charge in [0.25, 0.3) is 5.91 Å². The van der Waals surface area contributed by atoms with E-state index in [0.29, 0.717) is 39.1 Å². The predicted molar refractivity (Wildman–Crippen MR) is 106 cm³/mol. The molecule has 2 fully saturated rings. The molecule has 0 radical (unpaired) electrons. The summed E-state index contributed by atoms with van der Waals surface area (Å²) in [6.45, 7) is 3.24. The van der Waals surface area contributed by atoms with E-state index in [-0.39, 0.29) is 6.42 Å². The quantitative estimate of drug-likeness (QED) is 0.797. The Morgan fingerprint density at radius 1 is 1.21 bits per heavy atom. The van der Waals surface area contributed by atoms with Gasteiger partial charge in [-0.3, -0.25) is 4.79 Å². The van der Waals surface area contributed by atoms with Crippen molar-refractivity contribution in [2.75, 3.05) is 46.4 Å². The zero-order chi connectivity index (χ0) is 20.7. The van der Waals surface area contributed by atoms with E-state index in [1.165, 1.54) is 0 Å². The number of benzene rings is 1. The van der Waals surface area contributed by atoms with Gasteiger partial charge in [-0.05, 0) is 25.5 Å². The molecule has 0 saturated carbocycles. The predicted octanol–water partition coefficient (Wildman–Crippen LogP) is 1.17. The highest BCUT2D eigenvalue weighted by Crippen LogP contribution is 2.22. The van der Waals surface area contributed by atoms with Gasteiger partial charge in [-0.15, -0.1) is 0 Å². The molecular formula is C21H28N4O4. The topological polar surface area (TPSA) is 94.9 Å². The molecule has 0 spiro atoms. The molecule has 2 aliphatic rings. The standard InChI is InChI=1S/C21H28N4O4/c1-24-9-7-21(16-22,8-10-24)23-19(26)18(15-17-5-3-2-4-6-17)29-20(27)25-11-13-28-14-12-25/h2-6,18H,7-15H2,1H3,(H,23,26). The number of carbonyl (C=O) groups is 2. The fourth-order valence-corrected chi connectivity index (χ4v) is 3.54. The third kappa shape index (κ3) is 5.68. The van der Waals surface area contributed by atoms with Gasteiger partial charge >= 0.3 is 6.09 Å². The summed E-state index contributed by atoms with van der Waals surface area (Å²) >= 11 is 0. The molecule has 3 rings (SSSR count). The SMILES string of the molecule is CN1CCC(C#N)(NC(=O)C(Cc2ccccc2)OC(=O)N2CCOCC2)CC1. The lowest BCUT2D eigenvalue weighted by molar-refractivity contribution is -0.132. The fourth-order valence-electron chi connectivity index (χ4n) is 3.54. The first-order chi connectivity index (χ1) is 14.0. The number of morpholine rings is 1. The Kier molecular flexibility index (Phi) is 7.07. The van der Waals surface area contributed by atoms with Crippen molar-refractivity contribution in [1.82, 2.24) is 15.1 Å². The molecule has 29 heavy (non-hydrogen) atoms. The van der Waals surface area contributed by atoms with Gasteiger partial charge in [0, 0.05) is 32.6 Å². The molecule has 2 amide bonds. The average molecular weight is 400 g/mol. The van der Waals surface area contributed by atoms with Crippen molar-refractivity contribution in [1.29, 1.82) is 5.26 Å². The second-order valence-corrected chi connectivity index (χ2v) is 7.65. The van der Waals surface area contributed by atoms with Crippen molar-refractivity contribution in [3.05, 3.63) is 35.9 Å². The average Bonchev–Trinajstić information content (AvgIpc) is 2.76. The van der Waals surface area contributed by atoms with E-state index in [9.17, 15) is 14.9 Å². The molecule has 2 aliphatic heterocycles. The Labute approximate surface area is 171 Å². The van der Waals surface area contributed by atoms with Gasteiger partial charge in [-0.1, -0.05) is 30.3 Å². The number of nitriles is 1. The minimum atomic E-state index is -1.00. The molecule has 1 atom stereocenters. The van der Waals surface area contributed by atoms with E-state index in [0.717, 1.165) is 18.7 Å². The Balaban J connectivity index is 1.71. The summed E-state index contributed by atoms with van der Waals surface area (Å²) in [6.07, 6.45) is -0.191. The van der Waals surface area contributed by atoms with Crippen LogP contribution in [0, 0.1) is 11.3 Å². The van der Waals surface area contributed by atoms with E-state index in [4.69, 9.17) is 9.47 Å². The maximum absolute atomic E-state index is 13.1. The number of piperidine rings is 1. The van der Waals surface area contributed by atoms with Crippen molar-refractivity contribution in [2.45, 2.75) is 30.9 Å². The zero-order valence-electron chi connectivity index (χ0n) is 16.8. The molecule has 0 aliphatic carbocycles. The van der Waals surface area contributed by atoms with Crippen LogP contribution in [-0.4, -0.2) is 79.9 Å². The highest BCUT2D eigenvalue weighted by Gasteiger charge is 2.38. The third-order valence-corrected chi connectivity index (χ3v) is 5.49. The Bertz CT molecular complexity index is 735. The molecule has 1 aromatic carbocycles. The molecular weight excluding hydrogens is 372 g/mol. The highest BCUT2D eigenvalue weighted by atomic mass is 16.6. The lowest BCUT2D eigenvalue weighted by Crippen LogP contribution is -2.57. The smallest absolute Gasteiger partial charge is 0.410 e. The van der Waals surface area contributed by atoms with Crippen LogP contribution in [0.15, 0.2) is 30.3 Å². The number of nitrogens with zero attached hydrogens (tertiary/aromatic N) is 3. The first kappa shape index (κ1) is 21.1. The summed E-state index contributed by atoms with van der Waals surface area (Å²) in [7, 11) is 1.99. The van der Waals surface area contributed by atoms with Crippen molar-refractivity contribution >= 4 is 12.0 Å². The third-order valence-electron chi connectivity index (χ3n) is 5.49. The van der Waals surface area contributed by atoms with Gasteiger partial charge in [-0.25, -0.2) is 4.79 Å². The molecule has 0 bridgehead atoms. The van der Waals surface area contributed by atoms with Crippen LogP contribution < -0.4 is 5.32 Å². The van der Waals surface area contributed by atoms with Crippen LogP contribution >= 0.6 is 0 Å². The van der Waals surface area contributed by atoms with Gasteiger partial charge in [0.05, 0.1) is 19.3 Å². The van der Waals surface area contributed by atoms with Crippen LogP contribution in [0.1, 0.15) is 18.4 Å². The molecule has 8 heteroatoms. The number of likely N-dealkylation sites (tertiary alicyclic amines) is 1. The van der Waals surface area contributed by atoms with E-state index in [1.807, 2.05) is 37.4 Å². The van der Waals surface area contributed by atoms with Gasteiger partial charge in [0.2, 0.25) is 0 Å². The normalized spacial score (nSPS) is 20.3. The number of ether oxygens (including phenoxy) is 2. The molecule has 1 aromatic rings. The molecule has 8 nitrogen and oxygen atoms in total. The van der Waals surface area contributed by atoms with Gasteiger partial charge in [0.1, 0.15) is 5.54 Å². The maximum atomic E-state index is 13.1. The molecule has 156 valence electrons. The van der Waals surface area contributed by atoms with Crippen LogP contribution in [0.4, 0.5) is 4.79 Å². The molecule has 2 heterocycles. The molecule has 2 saturated heterocycles. The number of hydrogen-bond acceptors (Lipinski definition) is 6. The van der Waals surface area contributed by atoms with Crippen molar-refractivity contribution in [3.8, 4) is 6.07 Å². The van der Waals surface area contributed by atoms with Crippen LogP contribution in [0.5, 0.6) is 0 Å². The fraction of sp³-hybridized carbons (Fsp3) is 0.571. The van der Waals surface area contributed by atoms with Gasteiger partial charge < -0.3 is 24.6 Å². The van der Waals surface area contributed by atoms with Gasteiger partial charge in [0.15, 0.2) is 6.10 Å². The summed E-state index contributed by atoms with van der Waals surface area (Å²) in [6, 6.07) is 11.7. The molecule has 1 unspecified atom stereocenters. The summed E-state index contributed by atoms with van der Waals surface area (Å²) in [4.78, 5) is 29.3. The first-order valence-corrected chi connectivity index (χ1v) is 10.0. The second kappa shape index (κ2) is 9.72. The van der Waals surface area contributed by atoms with E-state index >= 15 is 0 Å². The minimum absolute atomic E-state index is 0.254. The lowest BCUT2D eigenvalue weighted by Gasteiger charge is -2.37. The Hall–Kier alpha value is -2.63.